The predicted octanol–water partition coefficient (Wildman–Crippen LogP) is 2.32. The number of hydrogen-bond acceptors (Lipinski definition) is 11. The fourth-order valence-electron chi connectivity index (χ4n) is 2.96. The molecule has 2 heterocycles. The summed E-state index contributed by atoms with van der Waals surface area (Å²) in [6.07, 6.45) is 1.48. The maximum absolute atomic E-state index is 9.61. The summed E-state index contributed by atoms with van der Waals surface area (Å²) in [5.74, 6) is 1.42. The lowest BCUT2D eigenvalue weighted by molar-refractivity contribution is 0.122. The highest BCUT2D eigenvalue weighted by atomic mass is 16.5. The van der Waals surface area contributed by atoms with Crippen LogP contribution in [0.25, 0.3) is 0 Å². The first-order valence-corrected chi connectivity index (χ1v) is 9.91. The third kappa shape index (κ3) is 5.32. The first kappa shape index (κ1) is 21.1. The highest BCUT2D eigenvalue weighted by Crippen LogP contribution is 2.24. The number of methoxy groups -OCH3 is 1. The number of nitrogens with one attached hydrogen (secondary N) is 2. The van der Waals surface area contributed by atoms with E-state index in [1.54, 1.807) is 13.2 Å². The third-order valence-corrected chi connectivity index (χ3v) is 4.64. The number of benzene rings is 2. The molecule has 11 heteroatoms. The Morgan fingerprint density at radius 2 is 1.75 bits per heavy atom. The lowest BCUT2D eigenvalue weighted by atomic mass is 10.2. The summed E-state index contributed by atoms with van der Waals surface area (Å²) in [5.41, 5.74) is 4.18. The van der Waals surface area contributed by atoms with Crippen LogP contribution in [0.4, 0.5) is 23.5 Å². The molecule has 1 aliphatic heterocycles. The number of hydrogen-bond donors (Lipinski definition) is 4. The predicted molar refractivity (Wildman–Crippen MR) is 120 cm³/mol. The van der Waals surface area contributed by atoms with E-state index in [4.69, 9.17) is 9.47 Å². The minimum absolute atomic E-state index is 0.197. The van der Waals surface area contributed by atoms with Gasteiger partial charge in [0, 0.05) is 18.8 Å². The summed E-state index contributed by atoms with van der Waals surface area (Å²) in [5, 5.41) is 26.3. The molecule has 0 spiro atoms. The molecule has 2 aromatic carbocycles. The monoisotopic (exact) mass is 437 g/mol. The van der Waals surface area contributed by atoms with Gasteiger partial charge >= 0.3 is 0 Å². The van der Waals surface area contributed by atoms with Gasteiger partial charge in [0.15, 0.2) is 11.5 Å². The molecule has 0 saturated carbocycles. The molecule has 0 atom stereocenters. The van der Waals surface area contributed by atoms with E-state index in [2.05, 4.69) is 30.8 Å². The topological polar surface area (TPSA) is 137 Å². The quantitative estimate of drug-likeness (QED) is 0.247. The molecular formula is C21H23N7O4. The van der Waals surface area contributed by atoms with Crippen LogP contribution in [-0.4, -0.2) is 64.8 Å². The molecule has 11 nitrogen and oxygen atoms in total. The van der Waals surface area contributed by atoms with Crippen molar-refractivity contribution in [3.05, 3.63) is 48.0 Å². The summed E-state index contributed by atoms with van der Waals surface area (Å²) < 4.78 is 10.6. The number of nitrogens with zero attached hydrogens (tertiary/aromatic N) is 5. The fourth-order valence-corrected chi connectivity index (χ4v) is 2.96. The summed E-state index contributed by atoms with van der Waals surface area (Å²) in [4.78, 5) is 15.4. The van der Waals surface area contributed by atoms with Crippen molar-refractivity contribution in [3.8, 4) is 17.2 Å². The van der Waals surface area contributed by atoms with Gasteiger partial charge < -0.3 is 29.9 Å². The number of rotatable bonds is 7. The van der Waals surface area contributed by atoms with Gasteiger partial charge in [-0.2, -0.15) is 20.1 Å². The molecule has 166 valence electrons. The molecule has 4 rings (SSSR count). The Morgan fingerprint density at radius 3 is 2.47 bits per heavy atom. The summed E-state index contributed by atoms with van der Waals surface area (Å²) >= 11 is 0. The van der Waals surface area contributed by atoms with Gasteiger partial charge in [0.1, 0.15) is 5.75 Å². The van der Waals surface area contributed by atoms with Gasteiger partial charge in [0.05, 0.1) is 26.5 Å². The second-order valence-corrected chi connectivity index (χ2v) is 6.85. The van der Waals surface area contributed by atoms with E-state index in [1.807, 2.05) is 29.2 Å². The number of aromatic hydroxyl groups is 2. The number of aromatic nitrogens is 3. The number of phenolic OH excluding ortho intramolecular Hbond substituents is 2. The third-order valence-electron chi connectivity index (χ3n) is 4.64. The number of ether oxygens (including phenoxy) is 2. The van der Waals surface area contributed by atoms with E-state index in [0.29, 0.717) is 43.8 Å². The van der Waals surface area contributed by atoms with Crippen LogP contribution in [0.1, 0.15) is 5.56 Å². The van der Waals surface area contributed by atoms with Gasteiger partial charge in [-0.25, -0.2) is 5.43 Å². The van der Waals surface area contributed by atoms with Crippen LogP contribution in [0.15, 0.2) is 47.6 Å². The van der Waals surface area contributed by atoms with E-state index in [1.165, 1.54) is 18.3 Å². The molecule has 0 bridgehead atoms. The Bertz CT molecular complexity index is 1090. The maximum Gasteiger partial charge on any atom is 0.250 e. The Labute approximate surface area is 184 Å². The summed E-state index contributed by atoms with van der Waals surface area (Å²) in [6, 6.07) is 11.8. The fraction of sp³-hybridized carbons (Fsp3) is 0.238. The van der Waals surface area contributed by atoms with Crippen LogP contribution in [0.3, 0.4) is 0 Å². The number of hydrazone groups is 1. The van der Waals surface area contributed by atoms with Gasteiger partial charge in [-0.3, -0.25) is 0 Å². The van der Waals surface area contributed by atoms with Crippen LogP contribution < -0.4 is 20.4 Å². The molecule has 4 N–H and O–H groups in total. The first-order chi connectivity index (χ1) is 15.6. The van der Waals surface area contributed by atoms with Crippen LogP contribution in [0.5, 0.6) is 17.2 Å². The lowest BCUT2D eigenvalue weighted by Crippen LogP contribution is -2.37. The van der Waals surface area contributed by atoms with Crippen molar-refractivity contribution < 1.29 is 19.7 Å². The zero-order valence-corrected chi connectivity index (χ0v) is 17.4. The Morgan fingerprint density at radius 1 is 1.00 bits per heavy atom. The van der Waals surface area contributed by atoms with Crippen molar-refractivity contribution >= 4 is 29.7 Å². The molecule has 0 aliphatic carbocycles. The van der Waals surface area contributed by atoms with Crippen LogP contribution in [0, 0.1) is 0 Å². The van der Waals surface area contributed by atoms with Gasteiger partial charge in [-0.1, -0.05) is 0 Å². The average molecular weight is 437 g/mol. The Balaban J connectivity index is 1.55. The minimum Gasteiger partial charge on any atom is -0.504 e. The number of phenols is 2. The summed E-state index contributed by atoms with van der Waals surface area (Å²) in [7, 11) is 1.61. The van der Waals surface area contributed by atoms with E-state index in [0.717, 1.165) is 11.4 Å². The van der Waals surface area contributed by atoms with Crippen LogP contribution in [-0.2, 0) is 4.74 Å². The van der Waals surface area contributed by atoms with Gasteiger partial charge in [0.2, 0.25) is 17.8 Å². The molecule has 1 aromatic heterocycles. The first-order valence-electron chi connectivity index (χ1n) is 9.91. The van der Waals surface area contributed by atoms with E-state index in [9.17, 15) is 10.2 Å². The molecule has 1 aliphatic rings. The molecule has 0 unspecified atom stereocenters. The zero-order chi connectivity index (χ0) is 22.3. The molecule has 0 amide bonds. The number of morpholine rings is 1. The highest BCUT2D eigenvalue weighted by molar-refractivity contribution is 5.81. The highest BCUT2D eigenvalue weighted by Gasteiger charge is 2.16. The largest absolute Gasteiger partial charge is 0.504 e. The minimum atomic E-state index is -0.227. The van der Waals surface area contributed by atoms with Crippen molar-refractivity contribution in [1.82, 2.24) is 15.0 Å². The van der Waals surface area contributed by atoms with Crippen molar-refractivity contribution in [2.75, 3.05) is 49.1 Å². The van der Waals surface area contributed by atoms with E-state index >= 15 is 0 Å². The molecule has 3 aromatic rings. The van der Waals surface area contributed by atoms with Crippen molar-refractivity contribution in [2.24, 2.45) is 5.10 Å². The smallest absolute Gasteiger partial charge is 0.250 e. The molecule has 32 heavy (non-hydrogen) atoms. The molecular weight excluding hydrogens is 414 g/mol. The zero-order valence-electron chi connectivity index (χ0n) is 17.4. The second-order valence-electron chi connectivity index (χ2n) is 6.85. The van der Waals surface area contributed by atoms with Gasteiger partial charge in [-0.15, -0.1) is 0 Å². The second kappa shape index (κ2) is 9.79. The van der Waals surface area contributed by atoms with E-state index in [-0.39, 0.29) is 17.4 Å². The average Bonchev–Trinajstić information content (AvgIpc) is 2.82. The number of anilines is 4. The van der Waals surface area contributed by atoms with Gasteiger partial charge in [0.25, 0.3) is 0 Å². The van der Waals surface area contributed by atoms with Crippen molar-refractivity contribution in [1.29, 1.82) is 0 Å². The van der Waals surface area contributed by atoms with E-state index < -0.39 is 0 Å². The van der Waals surface area contributed by atoms with Crippen LogP contribution in [0.2, 0.25) is 0 Å². The maximum atomic E-state index is 9.61. The molecule has 1 saturated heterocycles. The molecule has 1 fully saturated rings. The Hall–Kier alpha value is -4.12. The van der Waals surface area contributed by atoms with Crippen LogP contribution >= 0.6 is 0 Å². The van der Waals surface area contributed by atoms with Crippen molar-refractivity contribution in [2.45, 2.75) is 0 Å². The molecule has 0 radical (unpaired) electrons. The lowest BCUT2D eigenvalue weighted by Gasteiger charge is -2.27. The Kier molecular flexibility index (Phi) is 6.46. The summed E-state index contributed by atoms with van der Waals surface area (Å²) in [6.45, 7) is 2.53. The SMILES string of the molecule is COc1ccc(Nc2nc(N/N=C/c3ccc(O)c(O)c3)nc(N3CCOCC3)n2)cc1. The normalized spacial score (nSPS) is 13.8. The standard InChI is InChI=1S/C21H23N7O4/c1-31-16-5-3-15(4-6-16)23-19-24-20(26-21(25-19)28-8-10-32-11-9-28)27-22-13-14-2-7-17(29)18(30)12-14/h2-7,12-13,29-30H,8-11H2,1H3,(H2,23,24,25,26,27)/b22-13+. The van der Waals surface area contributed by atoms with Gasteiger partial charge in [-0.05, 0) is 48.0 Å². The van der Waals surface area contributed by atoms with Crippen molar-refractivity contribution in [3.63, 3.8) is 0 Å².